The van der Waals surface area contributed by atoms with Crippen LogP contribution in [0.25, 0.3) is 0 Å². The molecule has 1 N–H and O–H groups in total. The Hall–Kier alpha value is -0.890. The number of aliphatic imine (C=N–C) groups is 1. The quantitative estimate of drug-likeness (QED) is 0.383. The van der Waals surface area contributed by atoms with E-state index in [0.717, 1.165) is 84.1 Å². The first kappa shape index (κ1) is 21.8. The van der Waals surface area contributed by atoms with Gasteiger partial charge in [-0.1, -0.05) is 0 Å². The standard InChI is InChI=1S/C21H40N4O3/c1-22-20(24-12-6-19(7-13-24)28-15-5-14-26-2)23-18-21(8-16-27-17-9-21)25-10-3-4-11-25/h19H,3-18H2,1-2H3,(H,22,23). The van der Waals surface area contributed by atoms with Crippen LogP contribution in [-0.4, -0.2) is 101 Å². The average molecular weight is 397 g/mol. The van der Waals surface area contributed by atoms with Gasteiger partial charge in [0.1, 0.15) is 0 Å². The zero-order chi connectivity index (χ0) is 19.7. The van der Waals surface area contributed by atoms with Crippen molar-refractivity contribution in [3.05, 3.63) is 0 Å². The van der Waals surface area contributed by atoms with E-state index in [4.69, 9.17) is 14.2 Å². The Bertz CT molecular complexity index is 468. The zero-order valence-electron chi connectivity index (χ0n) is 18.0. The molecule has 0 aromatic carbocycles. The second kappa shape index (κ2) is 11.3. The molecule has 0 aromatic heterocycles. The second-order valence-corrected chi connectivity index (χ2v) is 8.34. The minimum atomic E-state index is 0.230. The number of nitrogens with zero attached hydrogens (tertiary/aromatic N) is 3. The van der Waals surface area contributed by atoms with E-state index in [1.165, 1.54) is 25.9 Å². The summed E-state index contributed by atoms with van der Waals surface area (Å²) in [5.74, 6) is 1.04. The van der Waals surface area contributed by atoms with Crippen molar-refractivity contribution in [3.8, 4) is 0 Å². The van der Waals surface area contributed by atoms with Crippen molar-refractivity contribution in [2.45, 2.75) is 56.6 Å². The van der Waals surface area contributed by atoms with Gasteiger partial charge >= 0.3 is 0 Å². The summed E-state index contributed by atoms with van der Waals surface area (Å²) in [6.07, 6.45) is 8.38. The molecule has 3 fully saturated rings. The molecule has 3 rings (SSSR count). The molecule has 0 amide bonds. The maximum absolute atomic E-state index is 6.00. The summed E-state index contributed by atoms with van der Waals surface area (Å²) in [7, 11) is 3.65. The lowest BCUT2D eigenvalue weighted by atomic mass is 9.88. The van der Waals surface area contributed by atoms with Crippen LogP contribution in [0.3, 0.4) is 0 Å². The largest absolute Gasteiger partial charge is 0.385 e. The Balaban J connectivity index is 1.46. The summed E-state index contributed by atoms with van der Waals surface area (Å²) >= 11 is 0. The van der Waals surface area contributed by atoms with Crippen LogP contribution in [0.4, 0.5) is 0 Å². The van der Waals surface area contributed by atoms with Crippen LogP contribution in [0.15, 0.2) is 4.99 Å². The monoisotopic (exact) mass is 396 g/mol. The topological polar surface area (TPSA) is 58.6 Å². The molecule has 7 heteroatoms. The molecule has 0 bridgehead atoms. The number of rotatable bonds is 8. The van der Waals surface area contributed by atoms with Gasteiger partial charge in [-0.2, -0.15) is 0 Å². The van der Waals surface area contributed by atoms with Crippen molar-refractivity contribution in [1.82, 2.24) is 15.1 Å². The van der Waals surface area contributed by atoms with Crippen LogP contribution in [0.2, 0.25) is 0 Å². The minimum absolute atomic E-state index is 0.230. The van der Waals surface area contributed by atoms with Gasteiger partial charge in [0.2, 0.25) is 0 Å². The Morgan fingerprint density at radius 2 is 1.82 bits per heavy atom. The highest BCUT2D eigenvalue weighted by atomic mass is 16.5. The lowest BCUT2D eigenvalue weighted by molar-refractivity contribution is -0.0171. The van der Waals surface area contributed by atoms with Crippen LogP contribution < -0.4 is 5.32 Å². The highest BCUT2D eigenvalue weighted by Gasteiger charge is 2.40. The fourth-order valence-electron chi connectivity index (χ4n) is 4.81. The normalized spacial score (nSPS) is 24.6. The highest BCUT2D eigenvalue weighted by Crippen LogP contribution is 2.30. The van der Waals surface area contributed by atoms with Gasteiger partial charge in [-0.15, -0.1) is 0 Å². The van der Waals surface area contributed by atoms with E-state index < -0.39 is 0 Å². The van der Waals surface area contributed by atoms with E-state index in [0.29, 0.717) is 6.10 Å². The van der Waals surface area contributed by atoms with Crippen molar-refractivity contribution >= 4 is 5.96 Å². The maximum atomic E-state index is 6.00. The summed E-state index contributed by atoms with van der Waals surface area (Å²) in [4.78, 5) is 9.69. The number of hydrogen-bond acceptors (Lipinski definition) is 5. The highest BCUT2D eigenvalue weighted by molar-refractivity contribution is 5.80. The molecule has 0 saturated carbocycles. The SMILES string of the molecule is CN=C(NCC1(N2CCCC2)CCOCC1)N1CCC(OCCCOC)CC1. The Morgan fingerprint density at radius 3 is 2.46 bits per heavy atom. The average Bonchev–Trinajstić information content (AvgIpc) is 3.29. The van der Waals surface area contributed by atoms with Crippen LogP contribution >= 0.6 is 0 Å². The molecule has 0 radical (unpaired) electrons. The fraction of sp³-hybridized carbons (Fsp3) is 0.952. The number of hydrogen-bond donors (Lipinski definition) is 1. The number of ether oxygens (including phenoxy) is 3. The molecule has 0 aromatic rings. The summed E-state index contributed by atoms with van der Waals surface area (Å²) in [5.41, 5.74) is 0.230. The molecule has 0 aliphatic carbocycles. The molecule has 7 nitrogen and oxygen atoms in total. The van der Waals surface area contributed by atoms with Crippen molar-refractivity contribution in [2.75, 3.05) is 73.3 Å². The molecule has 3 aliphatic heterocycles. The van der Waals surface area contributed by atoms with Gasteiger partial charge in [-0.3, -0.25) is 9.89 Å². The molecular formula is C21H40N4O3. The van der Waals surface area contributed by atoms with E-state index in [-0.39, 0.29) is 5.54 Å². The van der Waals surface area contributed by atoms with Gasteiger partial charge in [-0.05, 0) is 58.0 Å². The zero-order valence-corrected chi connectivity index (χ0v) is 18.0. The summed E-state index contributed by atoms with van der Waals surface area (Å²) in [6.45, 7) is 8.77. The number of nitrogens with one attached hydrogen (secondary N) is 1. The third-order valence-corrected chi connectivity index (χ3v) is 6.58. The lowest BCUT2D eigenvalue weighted by Crippen LogP contribution is -2.59. The van der Waals surface area contributed by atoms with Crippen molar-refractivity contribution < 1.29 is 14.2 Å². The smallest absolute Gasteiger partial charge is 0.193 e. The first-order valence-corrected chi connectivity index (χ1v) is 11.2. The molecule has 162 valence electrons. The summed E-state index contributed by atoms with van der Waals surface area (Å²) in [5, 5.41) is 3.72. The number of guanidine groups is 1. The van der Waals surface area contributed by atoms with Gasteiger partial charge in [-0.25, -0.2) is 0 Å². The Morgan fingerprint density at radius 1 is 1.11 bits per heavy atom. The summed E-state index contributed by atoms with van der Waals surface area (Å²) < 4.78 is 16.8. The maximum Gasteiger partial charge on any atom is 0.193 e. The van der Waals surface area contributed by atoms with Crippen LogP contribution in [0.5, 0.6) is 0 Å². The van der Waals surface area contributed by atoms with Crippen LogP contribution in [0.1, 0.15) is 44.9 Å². The van der Waals surface area contributed by atoms with Crippen molar-refractivity contribution in [1.29, 1.82) is 0 Å². The Labute approximate surface area is 170 Å². The third-order valence-electron chi connectivity index (χ3n) is 6.58. The van der Waals surface area contributed by atoms with Crippen molar-refractivity contribution in [3.63, 3.8) is 0 Å². The van der Waals surface area contributed by atoms with Crippen molar-refractivity contribution in [2.24, 2.45) is 4.99 Å². The van der Waals surface area contributed by atoms with E-state index in [9.17, 15) is 0 Å². The predicted molar refractivity (Wildman–Crippen MR) is 112 cm³/mol. The van der Waals surface area contributed by atoms with E-state index in [1.807, 2.05) is 7.05 Å². The van der Waals surface area contributed by atoms with E-state index >= 15 is 0 Å². The molecule has 28 heavy (non-hydrogen) atoms. The molecule has 3 aliphatic rings. The molecule has 0 unspecified atom stereocenters. The van der Waals surface area contributed by atoms with E-state index in [1.54, 1.807) is 7.11 Å². The first-order chi connectivity index (χ1) is 13.8. The minimum Gasteiger partial charge on any atom is -0.385 e. The molecule has 3 saturated heterocycles. The fourth-order valence-corrected chi connectivity index (χ4v) is 4.81. The van der Waals surface area contributed by atoms with Gasteiger partial charge in [0.05, 0.1) is 6.10 Å². The lowest BCUT2D eigenvalue weighted by Gasteiger charge is -2.45. The second-order valence-electron chi connectivity index (χ2n) is 8.34. The first-order valence-electron chi connectivity index (χ1n) is 11.2. The number of likely N-dealkylation sites (tertiary alicyclic amines) is 2. The number of piperidine rings is 1. The summed E-state index contributed by atoms with van der Waals surface area (Å²) in [6, 6.07) is 0. The number of methoxy groups -OCH3 is 1. The molecule has 0 atom stereocenters. The predicted octanol–water partition coefficient (Wildman–Crippen LogP) is 1.72. The van der Waals surface area contributed by atoms with Gasteiger partial charge in [0.15, 0.2) is 5.96 Å². The molecular weight excluding hydrogens is 356 g/mol. The van der Waals surface area contributed by atoms with Crippen LogP contribution in [-0.2, 0) is 14.2 Å². The van der Waals surface area contributed by atoms with Crippen LogP contribution in [0, 0.1) is 0 Å². The molecule has 3 heterocycles. The third kappa shape index (κ3) is 5.81. The van der Waals surface area contributed by atoms with E-state index in [2.05, 4.69) is 20.1 Å². The van der Waals surface area contributed by atoms with Gasteiger partial charge in [0.25, 0.3) is 0 Å². The Kier molecular flexibility index (Phi) is 8.83. The van der Waals surface area contributed by atoms with Gasteiger partial charge < -0.3 is 24.4 Å². The van der Waals surface area contributed by atoms with Gasteiger partial charge in [0, 0.05) is 65.8 Å². The molecule has 0 spiro atoms.